The molecule has 0 heterocycles. The van der Waals surface area contributed by atoms with Crippen LogP contribution in [0.15, 0.2) is 24.3 Å². The van der Waals surface area contributed by atoms with Crippen LogP contribution in [0.4, 0.5) is 5.69 Å². The average Bonchev–Trinajstić information content (AvgIpc) is 2.35. The van der Waals surface area contributed by atoms with Gasteiger partial charge in [0.25, 0.3) is 5.69 Å². The number of ether oxygens (including phenoxy) is 1. The van der Waals surface area contributed by atoms with E-state index in [2.05, 4.69) is 0 Å². The summed E-state index contributed by atoms with van der Waals surface area (Å²) in [5.74, 6) is -0.460. The number of halogens is 1. The van der Waals surface area contributed by atoms with Crippen LogP contribution in [0, 0.1) is 16.0 Å². The molecule has 2 N–H and O–H groups in total. The van der Waals surface area contributed by atoms with Crippen molar-refractivity contribution in [2.45, 2.75) is 26.5 Å². The average molecular weight is 333 g/mol. The molecule has 0 radical (unpaired) electrons. The van der Waals surface area contributed by atoms with Crippen LogP contribution in [0.2, 0.25) is 0 Å². The first-order valence-electron chi connectivity index (χ1n) is 5.57. The number of nitrogens with two attached hydrogens (primary N) is 1. The highest BCUT2D eigenvalue weighted by Gasteiger charge is 2.18. The van der Waals surface area contributed by atoms with E-state index in [9.17, 15) is 14.9 Å². The summed E-state index contributed by atoms with van der Waals surface area (Å²) in [4.78, 5) is 21.4. The quantitative estimate of drug-likeness (QED) is 0.506. The molecule has 0 fully saturated rings. The van der Waals surface area contributed by atoms with E-state index in [-0.39, 0.29) is 35.2 Å². The highest BCUT2D eigenvalue weighted by atomic mass is 79.9. The molecule has 6 nitrogen and oxygen atoms in total. The molecule has 0 saturated carbocycles. The Bertz CT molecular complexity index is 434. The summed E-state index contributed by atoms with van der Waals surface area (Å²) < 4.78 is 5.02. The fraction of sp³-hybridized carbons (Fsp3) is 0.417. The fourth-order valence-electron chi connectivity index (χ4n) is 1.24. The molecule has 0 saturated heterocycles. The summed E-state index contributed by atoms with van der Waals surface area (Å²) in [5.41, 5.74) is 6.31. The molecule has 0 amide bonds. The number of benzene rings is 1. The predicted molar refractivity (Wildman–Crippen MR) is 76.0 cm³/mol. The second kappa shape index (κ2) is 7.85. The molecular weight excluding hydrogens is 316 g/mol. The SMILES string of the molecule is Br.CC(C)[C@H](N)C(=O)OCc1ccc([N+](=O)[O-])cc1. The Hall–Kier alpha value is -1.47. The van der Waals surface area contributed by atoms with E-state index >= 15 is 0 Å². The minimum atomic E-state index is -0.650. The van der Waals surface area contributed by atoms with Crippen molar-refractivity contribution in [3.05, 3.63) is 39.9 Å². The maximum atomic E-state index is 11.5. The Morgan fingerprint density at radius 2 is 1.89 bits per heavy atom. The lowest BCUT2D eigenvalue weighted by molar-refractivity contribution is -0.384. The maximum Gasteiger partial charge on any atom is 0.323 e. The smallest absolute Gasteiger partial charge is 0.323 e. The van der Waals surface area contributed by atoms with Crippen molar-refractivity contribution in [1.82, 2.24) is 0 Å². The van der Waals surface area contributed by atoms with E-state index in [4.69, 9.17) is 10.5 Å². The minimum absolute atomic E-state index is 0. The van der Waals surface area contributed by atoms with Gasteiger partial charge in [0.1, 0.15) is 12.6 Å². The van der Waals surface area contributed by atoms with Crippen LogP contribution >= 0.6 is 17.0 Å². The number of rotatable bonds is 5. The van der Waals surface area contributed by atoms with Gasteiger partial charge in [-0.15, -0.1) is 17.0 Å². The molecule has 19 heavy (non-hydrogen) atoms. The van der Waals surface area contributed by atoms with Crippen molar-refractivity contribution in [3.8, 4) is 0 Å². The van der Waals surface area contributed by atoms with Gasteiger partial charge in [0.15, 0.2) is 0 Å². The summed E-state index contributed by atoms with van der Waals surface area (Å²) >= 11 is 0. The highest BCUT2D eigenvalue weighted by molar-refractivity contribution is 8.93. The number of esters is 1. The van der Waals surface area contributed by atoms with E-state index < -0.39 is 16.9 Å². The number of nitro groups is 1. The third-order valence-corrected chi connectivity index (χ3v) is 2.52. The molecule has 0 aromatic heterocycles. The summed E-state index contributed by atoms with van der Waals surface area (Å²) in [7, 11) is 0. The molecule has 0 aliphatic carbocycles. The maximum absolute atomic E-state index is 11.5. The van der Waals surface area contributed by atoms with Gasteiger partial charge in [0.05, 0.1) is 4.92 Å². The zero-order valence-electron chi connectivity index (χ0n) is 10.7. The van der Waals surface area contributed by atoms with Crippen molar-refractivity contribution in [2.24, 2.45) is 11.7 Å². The molecule has 1 rings (SSSR count). The molecule has 0 aliphatic heterocycles. The summed E-state index contributed by atoms with van der Waals surface area (Å²) in [6.07, 6.45) is 0. The van der Waals surface area contributed by atoms with Crippen LogP contribution in [0.1, 0.15) is 19.4 Å². The van der Waals surface area contributed by atoms with Gasteiger partial charge >= 0.3 is 5.97 Å². The van der Waals surface area contributed by atoms with Crippen molar-refractivity contribution in [2.75, 3.05) is 0 Å². The van der Waals surface area contributed by atoms with Gasteiger partial charge in [-0.3, -0.25) is 14.9 Å². The highest BCUT2D eigenvalue weighted by Crippen LogP contribution is 2.13. The Kier molecular flexibility index (Phi) is 7.25. The van der Waals surface area contributed by atoms with Gasteiger partial charge in [0.2, 0.25) is 0 Å². The first kappa shape index (κ1) is 17.5. The molecule has 0 unspecified atom stereocenters. The Labute approximate surface area is 121 Å². The van der Waals surface area contributed by atoms with Crippen LogP contribution in [0.25, 0.3) is 0 Å². The Morgan fingerprint density at radius 1 is 1.37 bits per heavy atom. The number of hydrogen-bond donors (Lipinski definition) is 1. The Morgan fingerprint density at radius 3 is 2.32 bits per heavy atom. The molecule has 106 valence electrons. The number of nitro benzene ring substituents is 1. The molecule has 7 heteroatoms. The number of nitrogens with zero attached hydrogens (tertiary/aromatic N) is 1. The zero-order valence-corrected chi connectivity index (χ0v) is 12.5. The minimum Gasteiger partial charge on any atom is -0.460 e. The van der Waals surface area contributed by atoms with Gasteiger partial charge in [-0.1, -0.05) is 13.8 Å². The van der Waals surface area contributed by atoms with Crippen molar-refractivity contribution in [3.63, 3.8) is 0 Å². The Balaban J connectivity index is 0.00000324. The van der Waals surface area contributed by atoms with E-state index in [0.717, 1.165) is 0 Å². The molecule has 1 atom stereocenters. The lowest BCUT2D eigenvalue weighted by Gasteiger charge is -2.14. The van der Waals surface area contributed by atoms with E-state index in [1.807, 2.05) is 13.8 Å². The van der Waals surface area contributed by atoms with Crippen LogP contribution in [0.3, 0.4) is 0 Å². The fourth-order valence-corrected chi connectivity index (χ4v) is 1.24. The van der Waals surface area contributed by atoms with Crippen molar-refractivity contribution < 1.29 is 14.5 Å². The predicted octanol–water partition coefficient (Wildman–Crippen LogP) is 2.20. The summed E-state index contributed by atoms with van der Waals surface area (Å²) in [6.45, 7) is 3.73. The van der Waals surface area contributed by atoms with Crippen molar-refractivity contribution >= 4 is 28.6 Å². The second-order valence-corrected chi connectivity index (χ2v) is 4.30. The van der Waals surface area contributed by atoms with Gasteiger partial charge in [-0.2, -0.15) is 0 Å². The van der Waals surface area contributed by atoms with E-state index in [1.165, 1.54) is 12.1 Å². The standard InChI is InChI=1S/C12H16N2O4.BrH/c1-8(2)11(13)12(15)18-7-9-3-5-10(6-4-9)14(16)17;/h3-6,8,11H,7,13H2,1-2H3;1H/t11-;/m0./s1. The monoisotopic (exact) mass is 332 g/mol. The molecule has 0 spiro atoms. The number of non-ortho nitro benzene ring substituents is 1. The molecule has 0 aliphatic rings. The van der Waals surface area contributed by atoms with Crippen LogP contribution in [-0.2, 0) is 16.1 Å². The van der Waals surface area contributed by atoms with Gasteiger partial charge in [-0.05, 0) is 23.6 Å². The molecular formula is C12H17BrN2O4. The normalized spacial score (nSPS) is 11.6. The lowest BCUT2D eigenvalue weighted by atomic mass is 10.1. The van der Waals surface area contributed by atoms with Gasteiger partial charge in [0, 0.05) is 12.1 Å². The van der Waals surface area contributed by atoms with Crippen molar-refractivity contribution in [1.29, 1.82) is 0 Å². The third kappa shape index (κ3) is 5.35. The van der Waals surface area contributed by atoms with Crippen LogP contribution in [-0.4, -0.2) is 16.9 Å². The first-order valence-corrected chi connectivity index (χ1v) is 5.57. The molecule has 0 bridgehead atoms. The number of carbonyl (C=O) groups excluding carboxylic acids is 1. The first-order chi connectivity index (χ1) is 8.41. The number of carbonyl (C=O) groups is 1. The summed E-state index contributed by atoms with van der Waals surface area (Å²) in [5, 5.41) is 10.4. The second-order valence-electron chi connectivity index (χ2n) is 4.30. The number of hydrogen-bond acceptors (Lipinski definition) is 5. The largest absolute Gasteiger partial charge is 0.460 e. The molecule has 1 aromatic rings. The third-order valence-electron chi connectivity index (χ3n) is 2.52. The van der Waals surface area contributed by atoms with Gasteiger partial charge < -0.3 is 10.5 Å². The lowest BCUT2D eigenvalue weighted by Crippen LogP contribution is -2.36. The topological polar surface area (TPSA) is 95.5 Å². The van der Waals surface area contributed by atoms with Crippen LogP contribution in [0.5, 0.6) is 0 Å². The summed E-state index contributed by atoms with van der Waals surface area (Å²) in [6, 6.07) is 5.18. The van der Waals surface area contributed by atoms with Crippen LogP contribution < -0.4 is 5.73 Å². The van der Waals surface area contributed by atoms with E-state index in [1.54, 1.807) is 12.1 Å². The zero-order chi connectivity index (χ0) is 13.7. The van der Waals surface area contributed by atoms with E-state index in [0.29, 0.717) is 5.56 Å². The molecule has 1 aromatic carbocycles. The van der Waals surface area contributed by atoms with Gasteiger partial charge in [-0.25, -0.2) is 0 Å².